The van der Waals surface area contributed by atoms with Gasteiger partial charge in [-0.1, -0.05) is 37.3 Å². The predicted molar refractivity (Wildman–Crippen MR) is 115 cm³/mol. The Labute approximate surface area is 176 Å². The molecule has 1 aromatic carbocycles. The van der Waals surface area contributed by atoms with Crippen molar-refractivity contribution >= 4 is 23.6 Å². The molecule has 6 heteroatoms. The van der Waals surface area contributed by atoms with Gasteiger partial charge >= 0.3 is 0 Å². The van der Waals surface area contributed by atoms with Crippen molar-refractivity contribution in [1.82, 2.24) is 14.8 Å². The number of amides is 2. The van der Waals surface area contributed by atoms with Crippen LogP contribution >= 0.6 is 11.8 Å². The first-order valence-electron chi connectivity index (χ1n) is 10.2. The van der Waals surface area contributed by atoms with Crippen molar-refractivity contribution in [3.05, 3.63) is 65.5 Å². The molecule has 0 aliphatic carbocycles. The summed E-state index contributed by atoms with van der Waals surface area (Å²) in [4.78, 5) is 33.8. The number of pyridine rings is 1. The highest BCUT2D eigenvalue weighted by Gasteiger charge is 2.53. The third-order valence-corrected chi connectivity index (χ3v) is 7.45. The fourth-order valence-electron chi connectivity index (χ4n) is 4.24. The SMILES string of the molecule is CCc1ccc(CN(Cc2cccnc2)C(=O)C2CSC3(C)CCC(=O)N23)cc1. The number of nitrogens with zero attached hydrogens (tertiary/aromatic N) is 3. The minimum atomic E-state index is -0.383. The molecule has 2 aliphatic rings. The number of hydrogen-bond donors (Lipinski definition) is 0. The van der Waals surface area contributed by atoms with Gasteiger partial charge in [-0.2, -0.15) is 0 Å². The molecule has 3 heterocycles. The third kappa shape index (κ3) is 4.04. The summed E-state index contributed by atoms with van der Waals surface area (Å²) in [6, 6.07) is 11.9. The first-order chi connectivity index (χ1) is 14.0. The van der Waals surface area contributed by atoms with E-state index in [1.807, 2.05) is 21.9 Å². The van der Waals surface area contributed by atoms with Crippen molar-refractivity contribution in [3.8, 4) is 0 Å². The van der Waals surface area contributed by atoms with Crippen LogP contribution < -0.4 is 0 Å². The van der Waals surface area contributed by atoms with Crippen molar-refractivity contribution in [2.75, 3.05) is 5.75 Å². The molecule has 1 aromatic heterocycles. The lowest BCUT2D eigenvalue weighted by molar-refractivity contribution is -0.144. The zero-order valence-electron chi connectivity index (χ0n) is 17.0. The molecular formula is C23H27N3O2S. The van der Waals surface area contributed by atoms with E-state index < -0.39 is 0 Å². The summed E-state index contributed by atoms with van der Waals surface area (Å²) in [6.45, 7) is 5.24. The summed E-state index contributed by atoms with van der Waals surface area (Å²) in [6.07, 6.45) is 5.89. The average molecular weight is 410 g/mol. The third-order valence-electron chi connectivity index (χ3n) is 5.94. The molecule has 2 atom stereocenters. The smallest absolute Gasteiger partial charge is 0.246 e. The fourth-order valence-corrected chi connectivity index (χ4v) is 5.66. The van der Waals surface area contributed by atoms with Gasteiger partial charge in [0.1, 0.15) is 6.04 Å². The van der Waals surface area contributed by atoms with E-state index in [1.165, 1.54) is 5.56 Å². The highest BCUT2D eigenvalue weighted by Crippen LogP contribution is 2.47. The van der Waals surface area contributed by atoms with Crippen molar-refractivity contribution in [2.45, 2.75) is 57.1 Å². The Bertz CT molecular complexity index is 887. The van der Waals surface area contributed by atoms with E-state index in [1.54, 1.807) is 24.2 Å². The molecular weight excluding hydrogens is 382 g/mol. The normalized spacial score (nSPS) is 23.3. The van der Waals surface area contributed by atoms with Crippen LogP contribution in [0.25, 0.3) is 0 Å². The minimum Gasteiger partial charge on any atom is -0.332 e. The molecule has 2 aliphatic heterocycles. The zero-order chi connectivity index (χ0) is 20.4. The van der Waals surface area contributed by atoms with Crippen molar-refractivity contribution in [3.63, 3.8) is 0 Å². The Morgan fingerprint density at radius 3 is 2.62 bits per heavy atom. The van der Waals surface area contributed by atoms with Gasteiger partial charge in [-0.15, -0.1) is 11.8 Å². The maximum atomic E-state index is 13.6. The van der Waals surface area contributed by atoms with Crippen LogP contribution in [0.3, 0.4) is 0 Å². The van der Waals surface area contributed by atoms with Crippen molar-refractivity contribution in [2.24, 2.45) is 0 Å². The Balaban J connectivity index is 1.58. The van der Waals surface area contributed by atoms with Crippen molar-refractivity contribution in [1.29, 1.82) is 0 Å². The van der Waals surface area contributed by atoms with E-state index in [9.17, 15) is 9.59 Å². The maximum Gasteiger partial charge on any atom is 0.246 e. The van der Waals surface area contributed by atoms with Gasteiger partial charge in [0.05, 0.1) is 4.87 Å². The van der Waals surface area contributed by atoms with E-state index in [2.05, 4.69) is 43.1 Å². The molecule has 0 saturated carbocycles. The predicted octanol–water partition coefficient (Wildman–Crippen LogP) is 3.63. The maximum absolute atomic E-state index is 13.6. The average Bonchev–Trinajstić information content (AvgIpc) is 3.24. The van der Waals surface area contributed by atoms with Crippen LogP contribution in [-0.4, -0.2) is 43.3 Å². The highest BCUT2D eigenvalue weighted by molar-refractivity contribution is 8.01. The van der Waals surface area contributed by atoms with Crippen LogP contribution in [0.5, 0.6) is 0 Å². The van der Waals surface area contributed by atoms with Gasteiger partial charge in [-0.05, 0) is 42.5 Å². The first-order valence-corrected chi connectivity index (χ1v) is 11.2. The lowest BCUT2D eigenvalue weighted by Crippen LogP contribution is -2.51. The van der Waals surface area contributed by atoms with Crippen LogP contribution in [0.15, 0.2) is 48.8 Å². The number of fused-ring (bicyclic) bond motifs is 1. The van der Waals surface area contributed by atoms with E-state index in [-0.39, 0.29) is 22.7 Å². The Hall–Kier alpha value is -2.34. The van der Waals surface area contributed by atoms with Crippen LogP contribution in [0.2, 0.25) is 0 Å². The standard InChI is InChI=1S/C23H27N3O2S/c1-3-17-6-8-18(9-7-17)14-25(15-19-5-4-12-24-13-19)22(28)20-16-29-23(2)11-10-21(27)26(20)23/h4-9,12-13,20H,3,10-11,14-16H2,1-2H3. The largest absolute Gasteiger partial charge is 0.332 e. The van der Waals surface area contributed by atoms with Crippen LogP contribution in [-0.2, 0) is 29.1 Å². The van der Waals surface area contributed by atoms with E-state index in [0.717, 1.165) is 24.0 Å². The number of aryl methyl sites for hydroxylation is 1. The molecule has 2 saturated heterocycles. The number of aromatic nitrogens is 1. The summed E-state index contributed by atoms with van der Waals surface area (Å²) in [5.41, 5.74) is 3.37. The minimum absolute atomic E-state index is 0.0277. The van der Waals surface area contributed by atoms with Gasteiger partial charge in [0.25, 0.3) is 0 Å². The molecule has 0 N–H and O–H groups in total. The molecule has 152 valence electrons. The van der Waals surface area contributed by atoms with E-state index in [0.29, 0.717) is 25.3 Å². The molecule has 0 radical (unpaired) electrons. The Morgan fingerprint density at radius 2 is 1.93 bits per heavy atom. The summed E-state index contributed by atoms with van der Waals surface area (Å²) < 4.78 is 0. The molecule has 4 rings (SSSR count). The molecule has 29 heavy (non-hydrogen) atoms. The number of rotatable bonds is 6. The number of carbonyl (C=O) groups excluding carboxylic acids is 2. The van der Waals surface area contributed by atoms with Gasteiger partial charge in [-0.25, -0.2) is 0 Å². The quantitative estimate of drug-likeness (QED) is 0.731. The summed E-state index contributed by atoms with van der Waals surface area (Å²) in [7, 11) is 0. The molecule has 2 unspecified atom stereocenters. The molecule has 0 spiro atoms. The molecule has 0 bridgehead atoms. The second-order valence-corrected chi connectivity index (χ2v) is 9.49. The second-order valence-electron chi connectivity index (χ2n) is 7.99. The lowest BCUT2D eigenvalue weighted by Gasteiger charge is -2.33. The van der Waals surface area contributed by atoms with Crippen molar-refractivity contribution < 1.29 is 9.59 Å². The monoisotopic (exact) mass is 409 g/mol. The van der Waals surface area contributed by atoms with E-state index in [4.69, 9.17) is 0 Å². The topological polar surface area (TPSA) is 53.5 Å². The van der Waals surface area contributed by atoms with Gasteiger partial charge < -0.3 is 9.80 Å². The lowest BCUT2D eigenvalue weighted by atomic mass is 10.1. The highest BCUT2D eigenvalue weighted by atomic mass is 32.2. The van der Waals surface area contributed by atoms with Crippen LogP contribution in [0.4, 0.5) is 0 Å². The molecule has 2 aromatic rings. The Kier molecular flexibility index (Phi) is 5.63. The van der Waals surface area contributed by atoms with Gasteiger partial charge in [0, 0.05) is 37.7 Å². The second kappa shape index (κ2) is 8.19. The molecule has 5 nitrogen and oxygen atoms in total. The van der Waals surface area contributed by atoms with E-state index >= 15 is 0 Å². The Morgan fingerprint density at radius 1 is 1.21 bits per heavy atom. The first kappa shape index (κ1) is 20.0. The summed E-state index contributed by atoms with van der Waals surface area (Å²) >= 11 is 1.74. The number of hydrogen-bond acceptors (Lipinski definition) is 4. The van der Waals surface area contributed by atoms with Gasteiger partial charge in [-0.3, -0.25) is 14.6 Å². The zero-order valence-corrected chi connectivity index (χ0v) is 17.8. The molecule has 2 fully saturated rings. The number of carbonyl (C=O) groups is 2. The number of benzene rings is 1. The summed E-state index contributed by atoms with van der Waals surface area (Å²) in [5, 5.41) is 0. The fraction of sp³-hybridized carbons (Fsp3) is 0.435. The molecule has 2 amide bonds. The van der Waals surface area contributed by atoms with Crippen LogP contribution in [0.1, 0.15) is 43.4 Å². The summed E-state index contributed by atoms with van der Waals surface area (Å²) in [5.74, 6) is 0.795. The van der Waals surface area contributed by atoms with Gasteiger partial charge in [0.2, 0.25) is 11.8 Å². The van der Waals surface area contributed by atoms with Gasteiger partial charge in [0.15, 0.2) is 0 Å². The van der Waals surface area contributed by atoms with Crippen LogP contribution in [0, 0.1) is 0 Å². The number of thioether (sulfide) groups is 1.